The zero-order chi connectivity index (χ0) is 11.6. The SMILES string of the molecule is N[C@@H](Cc1cc(F)c(O)c(F)c1)C(=O)O. The number of hydrogen-bond donors (Lipinski definition) is 3. The number of carboxylic acid groups (broad SMARTS) is 1. The number of halogens is 2. The van der Waals surface area contributed by atoms with Crippen molar-refractivity contribution in [3.05, 3.63) is 29.3 Å². The predicted octanol–water partition coefficient (Wildman–Crippen LogP) is 0.625. The van der Waals surface area contributed by atoms with Crippen molar-refractivity contribution in [2.75, 3.05) is 0 Å². The van der Waals surface area contributed by atoms with Crippen LogP contribution in [0.25, 0.3) is 0 Å². The summed E-state index contributed by atoms with van der Waals surface area (Å²) in [5.74, 6) is -4.61. The molecule has 4 nitrogen and oxygen atoms in total. The lowest BCUT2D eigenvalue weighted by Crippen LogP contribution is -2.32. The van der Waals surface area contributed by atoms with Crippen LogP contribution < -0.4 is 5.73 Å². The maximum atomic E-state index is 12.8. The van der Waals surface area contributed by atoms with Crippen molar-refractivity contribution < 1.29 is 23.8 Å². The highest BCUT2D eigenvalue weighted by Crippen LogP contribution is 2.21. The number of aromatic hydroxyl groups is 1. The van der Waals surface area contributed by atoms with Gasteiger partial charge in [0.15, 0.2) is 17.4 Å². The molecule has 0 spiro atoms. The predicted molar refractivity (Wildman–Crippen MR) is 47.3 cm³/mol. The molecule has 0 radical (unpaired) electrons. The summed E-state index contributed by atoms with van der Waals surface area (Å²) in [6.07, 6.45) is -0.205. The van der Waals surface area contributed by atoms with Gasteiger partial charge in [0.05, 0.1) is 0 Å². The van der Waals surface area contributed by atoms with Crippen LogP contribution in [0, 0.1) is 11.6 Å². The lowest BCUT2D eigenvalue weighted by Gasteiger charge is -2.07. The molecule has 0 fully saturated rings. The van der Waals surface area contributed by atoms with Crippen LogP contribution in [0.3, 0.4) is 0 Å². The van der Waals surface area contributed by atoms with Crippen LogP contribution in [0.15, 0.2) is 12.1 Å². The number of aliphatic carboxylic acids is 1. The Bertz CT molecular complexity index is 372. The van der Waals surface area contributed by atoms with Crippen LogP contribution in [-0.4, -0.2) is 22.2 Å². The molecule has 4 N–H and O–H groups in total. The molecule has 1 atom stereocenters. The second kappa shape index (κ2) is 4.22. The average Bonchev–Trinajstić information content (AvgIpc) is 2.13. The Morgan fingerprint density at radius 3 is 2.27 bits per heavy atom. The standard InChI is InChI=1S/C9H9F2NO3/c10-5-1-4(2-6(11)8(5)13)3-7(12)9(14)15/h1-2,7,13H,3,12H2,(H,14,15)/t7-/m0/s1. The molecule has 0 bridgehead atoms. The summed E-state index contributed by atoms with van der Waals surface area (Å²) in [5.41, 5.74) is 5.26. The molecule has 15 heavy (non-hydrogen) atoms. The van der Waals surface area contributed by atoms with E-state index < -0.39 is 29.4 Å². The fraction of sp³-hybridized carbons (Fsp3) is 0.222. The van der Waals surface area contributed by atoms with Gasteiger partial charge in [-0.1, -0.05) is 0 Å². The first-order valence-electron chi connectivity index (χ1n) is 4.07. The number of carboxylic acids is 1. The van der Waals surface area contributed by atoms with E-state index in [-0.39, 0.29) is 12.0 Å². The molecule has 82 valence electrons. The molecule has 1 aromatic carbocycles. The molecule has 0 aliphatic carbocycles. The fourth-order valence-corrected chi connectivity index (χ4v) is 1.08. The Balaban J connectivity index is 2.92. The minimum Gasteiger partial charge on any atom is -0.503 e. The molecule has 0 unspecified atom stereocenters. The van der Waals surface area contributed by atoms with Gasteiger partial charge in [0.25, 0.3) is 0 Å². The highest BCUT2D eigenvalue weighted by atomic mass is 19.1. The summed E-state index contributed by atoms with van der Waals surface area (Å²) < 4.78 is 25.6. The Labute approximate surface area is 83.9 Å². The molecule has 0 amide bonds. The summed E-state index contributed by atoms with van der Waals surface area (Å²) in [7, 11) is 0. The first kappa shape index (κ1) is 11.4. The smallest absolute Gasteiger partial charge is 0.320 e. The quantitative estimate of drug-likeness (QED) is 0.693. The van der Waals surface area contributed by atoms with Crippen molar-refractivity contribution >= 4 is 5.97 Å². The third kappa shape index (κ3) is 2.63. The van der Waals surface area contributed by atoms with E-state index in [4.69, 9.17) is 15.9 Å². The topological polar surface area (TPSA) is 83.5 Å². The number of phenols is 1. The van der Waals surface area contributed by atoms with E-state index in [1.54, 1.807) is 0 Å². The molecule has 1 aromatic rings. The molecule has 0 saturated heterocycles. The molecule has 0 saturated carbocycles. The van der Waals surface area contributed by atoms with Gasteiger partial charge in [-0.15, -0.1) is 0 Å². The summed E-state index contributed by atoms with van der Waals surface area (Å²) >= 11 is 0. The molecule has 0 aliphatic heterocycles. The molecule has 6 heteroatoms. The number of benzene rings is 1. The van der Waals surface area contributed by atoms with Gasteiger partial charge in [0, 0.05) is 0 Å². The van der Waals surface area contributed by atoms with E-state index in [9.17, 15) is 13.6 Å². The normalized spacial score (nSPS) is 12.5. The van der Waals surface area contributed by atoms with Crippen molar-refractivity contribution in [1.29, 1.82) is 0 Å². The highest BCUT2D eigenvalue weighted by molar-refractivity contribution is 5.73. The van der Waals surface area contributed by atoms with Crippen LogP contribution in [0.5, 0.6) is 5.75 Å². The van der Waals surface area contributed by atoms with Crippen molar-refractivity contribution in [2.24, 2.45) is 5.73 Å². The van der Waals surface area contributed by atoms with Crippen LogP contribution in [-0.2, 0) is 11.2 Å². The number of carbonyl (C=O) groups is 1. The van der Waals surface area contributed by atoms with Crippen LogP contribution in [0.1, 0.15) is 5.56 Å². The second-order valence-electron chi connectivity index (χ2n) is 3.06. The number of hydrogen-bond acceptors (Lipinski definition) is 3. The molecular weight excluding hydrogens is 208 g/mol. The van der Waals surface area contributed by atoms with Crippen molar-refractivity contribution in [1.82, 2.24) is 0 Å². The van der Waals surface area contributed by atoms with Gasteiger partial charge in [-0.05, 0) is 24.1 Å². The monoisotopic (exact) mass is 217 g/mol. The van der Waals surface area contributed by atoms with Gasteiger partial charge in [-0.25, -0.2) is 8.78 Å². The Morgan fingerprint density at radius 2 is 1.87 bits per heavy atom. The molecule has 0 heterocycles. The van der Waals surface area contributed by atoms with Gasteiger partial charge in [-0.2, -0.15) is 0 Å². The average molecular weight is 217 g/mol. The second-order valence-corrected chi connectivity index (χ2v) is 3.06. The third-order valence-corrected chi connectivity index (χ3v) is 1.85. The molecule has 1 rings (SSSR count). The van der Waals surface area contributed by atoms with Crippen LogP contribution in [0.4, 0.5) is 8.78 Å². The largest absolute Gasteiger partial charge is 0.503 e. The molecule has 0 aliphatic rings. The number of nitrogens with two attached hydrogens (primary N) is 1. The summed E-state index contributed by atoms with van der Waals surface area (Å²) in [4.78, 5) is 10.4. The lowest BCUT2D eigenvalue weighted by molar-refractivity contribution is -0.138. The van der Waals surface area contributed by atoms with Crippen molar-refractivity contribution in [3.63, 3.8) is 0 Å². The van der Waals surface area contributed by atoms with Crippen molar-refractivity contribution in [2.45, 2.75) is 12.5 Å². The summed E-state index contributed by atoms with van der Waals surface area (Å²) in [6, 6.07) is 0.468. The van der Waals surface area contributed by atoms with E-state index in [1.807, 2.05) is 0 Å². The fourth-order valence-electron chi connectivity index (χ4n) is 1.08. The Morgan fingerprint density at radius 1 is 1.40 bits per heavy atom. The van der Waals surface area contributed by atoms with E-state index >= 15 is 0 Å². The third-order valence-electron chi connectivity index (χ3n) is 1.85. The molecule has 0 aromatic heterocycles. The van der Waals surface area contributed by atoms with Crippen LogP contribution >= 0.6 is 0 Å². The number of rotatable bonds is 3. The van der Waals surface area contributed by atoms with Gasteiger partial charge in [0.2, 0.25) is 0 Å². The van der Waals surface area contributed by atoms with Gasteiger partial charge in [0.1, 0.15) is 6.04 Å². The summed E-state index contributed by atoms with van der Waals surface area (Å²) in [6.45, 7) is 0. The first-order chi connectivity index (χ1) is 6.91. The van der Waals surface area contributed by atoms with E-state index in [1.165, 1.54) is 0 Å². The Hall–Kier alpha value is -1.69. The number of phenolic OH excluding ortho intramolecular Hbond substituents is 1. The van der Waals surface area contributed by atoms with E-state index in [2.05, 4.69) is 0 Å². The minimum absolute atomic E-state index is 0.0812. The lowest BCUT2D eigenvalue weighted by atomic mass is 10.1. The highest BCUT2D eigenvalue weighted by Gasteiger charge is 2.15. The van der Waals surface area contributed by atoms with Gasteiger partial charge >= 0.3 is 5.97 Å². The first-order valence-corrected chi connectivity index (χ1v) is 4.07. The summed E-state index contributed by atoms with van der Waals surface area (Å²) in [5, 5.41) is 17.3. The minimum atomic E-state index is -1.26. The van der Waals surface area contributed by atoms with Crippen molar-refractivity contribution in [3.8, 4) is 5.75 Å². The van der Waals surface area contributed by atoms with E-state index in [0.29, 0.717) is 0 Å². The van der Waals surface area contributed by atoms with Gasteiger partial charge in [-0.3, -0.25) is 4.79 Å². The van der Waals surface area contributed by atoms with E-state index in [0.717, 1.165) is 12.1 Å². The zero-order valence-corrected chi connectivity index (χ0v) is 7.58. The van der Waals surface area contributed by atoms with Crippen LogP contribution in [0.2, 0.25) is 0 Å². The maximum Gasteiger partial charge on any atom is 0.320 e. The maximum absolute atomic E-state index is 12.8. The Kier molecular flexibility index (Phi) is 3.21. The van der Waals surface area contributed by atoms with Gasteiger partial charge < -0.3 is 15.9 Å². The zero-order valence-electron chi connectivity index (χ0n) is 7.58. The molecular formula is C9H9F2NO3.